The molecule has 0 aromatic carbocycles. The van der Waals surface area contributed by atoms with Crippen molar-refractivity contribution >= 4 is 0 Å². The van der Waals surface area contributed by atoms with Crippen molar-refractivity contribution in [2.75, 3.05) is 0 Å². The van der Waals surface area contributed by atoms with Gasteiger partial charge in [-0.05, 0) is 32.1 Å². The van der Waals surface area contributed by atoms with E-state index in [0.29, 0.717) is 6.42 Å². The normalized spacial score (nSPS) is 25.4. The maximum absolute atomic E-state index is 9.72. The first-order valence-electron chi connectivity index (χ1n) is 4.34. The van der Waals surface area contributed by atoms with Gasteiger partial charge >= 0.3 is 0 Å². The summed E-state index contributed by atoms with van der Waals surface area (Å²) >= 11 is 0. The minimum absolute atomic E-state index is 0.557. The second kappa shape index (κ2) is 3.52. The summed E-state index contributed by atoms with van der Waals surface area (Å²) in [4.78, 5) is 0. The molecular formula is C8H17NO2. The van der Waals surface area contributed by atoms with Gasteiger partial charge in [0.1, 0.15) is 12.0 Å². The largest absolute Gasteiger partial charge is 0.379 e. The summed E-state index contributed by atoms with van der Waals surface area (Å²) in [5.41, 5.74) is -0.782. The number of hydrogen-bond donors (Lipinski definition) is 3. The van der Waals surface area contributed by atoms with E-state index in [2.05, 4.69) is 5.32 Å². The molecule has 1 fully saturated rings. The van der Waals surface area contributed by atoms with Gasteiger partial charge in [0.05, 0.1) is 0 Å². The molecule has 1 aliphatic carbocycles. The Morgan fingerprint density at radius 2 is 2.00 bits per heavy atom. The zero-order chi connectivity index (χ0) is 8.32. The molecule has 1 atom stereocenters. The molecule has 3 heteroatoms. The fraction of sp³-hybridized carbons (Fsp3) is 1.00. The first kappa shape index (κ1) is 8.97. The Morgan fingerprint density at radius 3 is 2.45 bits per heavy atom. The predicted molar refractivity (Wildman–Crippen MR) is 42.9 cm³/mol. The Kier molecular flexibility index (Phi) is 2.87. The third kappa shape index (κ3) is 2.43. The third-order valence-electron chi connectivity index (χ3n) is 2.25. The fourth-order valence-corrected chi connectivity index (χ4v) is 1.52. The molecule has 3 N–H and O–H groups in total. The van der Waals surface area contributed by atoms with E-state index in [1.165, 1.54) is 0 Å². The first-order valence-corrected chi connectivity index (χ1v) is 4.34. The van der Waals surface area contributed by atoms with E-state index < -0.39 is 12.0 Å². The lowest BCUT2D eigenvalue weighted by molar-refractivity contribution is -0.0422. The van der Waals surface area contributed by atoms with E-state index >= 15 is 0 Å². The molecule has 0 spiro atoms. The molecule has 0 amide bonds. The van der Waals surface area contributed by atoms with Crippen LogP contribution >= 0.6 is 0 Å². The lowest BCUT2D eigenvalue weighted by Gasteiger charge is -2.26. The Labute approximate surface area is 67.4 Å². The van der Waals surface area contributed by atoms with Crippen molar-refractivity contribution in [1.29, 1.82) is 0 Å². The number of nitrogens with one attached hydrogen (secondary N) is 1. The highest BCUT2D eigenvalue weighted by Crippen LogP contribution is 2.27. The quantitative estimate of drug-likeness (QED) is 0.528. The van der Waals surface area contributed by atoms with Crippen molar-refractivity contribution in [3.63, 3.8) is 0 Å². The Bertz CT molecular complexity index is 121. The molecule has 0 radical (unpaired) electrons. The maximum Gasteiger partial charge on any atom is 0.117 e. The zero-order valence-electron chi connectivity index (χ0n) is 7.01. The molecule has 0 aromatic rings. The van der Waals surface area contributed by atoms with E-state index in [4.69, 9.17) is 0 Å². The summed E-state index contributed by atoms with van der Waals surface area (Å²) in [6, 6.07) is 0. The summed E-state index contributed by atoms with van der Waals surface area (Å²) in [5.74, 6) is 0. The number of aliphatic hydroxyl groups excluding tert-OH is 1. The summed E-state index contributed by atoms with van der Waals surface area (Å²) in [6.45, 7) is 1.88. The van der Waals surface area contributed by atoms with Crippen LogP contribution in [0.3, 0.4) is 0 Å². The van der Waals surface area contributed by atoms with Gasteiger partial charge < -0.3 is 10.2 Å². The van der Waals surface area contributed by atoms with Crippen LogP contribution in [0.15, 0.2) is 0 Å². The van der Waals surface area contributed by atoms with Crippen LogP contribution in [0.4, 0.5) is 0 Å². The maximum atomic E-state index is 9.72. The van der Waals surface area contributed by atoms with E-state index in [1.54, 1.807) is 0 Å². The molecule has 0 aliphatic heterocycles. The number of hydrogen-bond acceptors (Lipinski definition) is 3. The van der Waals surface area contributed by atoms with Crippen LogP contribution in [0.25, 0.3) is 0 Å². The molecule has 3 nitrogen and oxygen atoms in total. The van der Waals surface area contributed by atoms with E-state index in [1.807, 2.05) is 6.92 Å². The van der Waals surface area contributed by atoms with E-state index in [-0.39, 0.29) is 0 Å². The van der Waals surface area contributed by atoms with Gasteiger partial charge in [-0.3, -0.25) is 5.32 Å². The average molecular weight is 159 g/mol. The Balaban J connectivity index is 2.33. The van der Waals surface area contributed by atoms with Gasteiger partial charge in [-0.15, -0.1) is 0 Å². The molecule has 1 aliphatic rings. The summed E-state index contributed by atoms with van der Waals surface area (Å²) in [7, 11) is 0. The minimum atomic E-state index is -0.782. The molecular weight excluding hydrogens is 142 g/mol. The highest BCUT2D eigenvalue weighted by molar-refractivity contribution is 4.82. The fourth-order valence-electron chi connectivity index (χ4n) is 1.52. The summed E-state index contributed by atoms with van der Waals surface area (Å²) in [5, 5.41) is 21.8. The van der Waals surface area contributed by atoms with Crippen molar-refractivity contribution in [3.8, 4) is 0 Å². The highest BCUT2D eigenvalue weighted by atomic mass is 16.3. The molecule has 0 aromatic heterocycles. The van der Waals surface area contributed by atoms with Crippen LogP contribution in [0.5, 0.6) is 0 Å². The van der Waals surface area contributed by atoms with Gasteiger partial charge in [0.15, 0.2) is 0 Å². The molecule has 0 saturated heterocycles. The van der Waals surface area contributed by atoms with E-state index in [0.717, 1.165) is 25.7 Å². The van der Waals surface area contributed by atoms with Crippen molar-refractivity contribution in [1.82, 2.24) is 5.32 Å². The minimum Gasteiger partial charge on any atom is -0.379 e. The topological polar surface area (TPSA) is 52.5 Å². The monoisotopic (exact) mass is 159 g/mol. The van der Waals surface area contributed by atoms with Crippen LogP contribution in [0.2, 0.25) is 0 Å². The van der Waals surface area contributed by atoms with Crippen LogP contribution < -0.4 is 5.32 Å². The van der Waals surface area contributed by atoms with Crippen LogP contribution in [-0.4, -0.2) is 22.2 Å². The highest BCUT2D eigenvalue weighted by Gasteiger charge is 2.31. The van der Waals surface area contributed by atoms with Crippen molar-refractivity contribution < 1.29 is 10.2 Å². The van der Waals surface area contributed by atoms with Crippen LogP contribution in [0.1, 0.15) is 39.0 Å². The van der Waals surface area contributed by atoms with Crippen LogP contribution in [-0.2, 0) is 0 Å². The molecule has 1 saturated carbocycles. The Morgan fingerprint density at radius 1 is 1.45 bits per heavy atom. The van der Waals surface area contributed by atoms with Gasteiger partial charge in [0, 0.05) is 0 Å². The first-order chi connectivity index (χ1) is 5.16. The standard InChI is InChI=1S/C8H17NO2/c1-2-7(10)9-8(11)5-3-4-6-8/h7,9-11H,2-6H2,1H3. The molecule has 0 heterocycles. The average Bonchev–Trinajstić information content (AvgIpc) is 2.36. The number of aliphatic hydroxyl groups is 2. The van der Waals surface area contributed by atoms with Gasteiger partial charge in [-0.1, -0.05) is 6.92 Å². The van der Waals surface area contributed by atoms with E-state index in [9.17, 15) is 10.2 Å². The third-order valence-corrected chi connectivity index (χ3v) is 2.25. The molecule has 1 rings (SSSR count). The Hall–Kier alpha value is -0.120. The molecule has 66 valence electrons. The lowest BCUT2D eigenvalue weighted by Crippen LogP contribution is -2.48. The van der Waals surface area contributed by atoms with Gasteiger partial charge in [-0.25, -0.2) is 0 Å². The predicted octanol–water partition coefficient (Wildman–Crippen LogP) is 0.567. The zero-order valence-corrected chi connectivity index (χ0v) is 7.01. The second-order valence-corrected chi connectivity index (χ2v) is 3.31. The smallest absolute Gasteiger partial charge is 0.117 e. The van der Waals surface area contributed by atoms with Gasteiger partial charge in [-0.2, -0.15) is 0 Å². The second-order valence-electron chi connectivity index (χ2n) is 3.31. The van der Waals surface area contributed by atoms with Gasteiger partial charge in [0.25, 0.3) is 0 Å². The molecule has 1 unspecified atom stereocenters. The SMILES string of the molecule is CCC(O)NC1(O)CCCC1. The summed E-state index contributed by atoms with van der Waals surface area (Å²) in [6.07, 6.45) is 3.73. The van der Waals surface area contributed by atoms with Crippen molar-refractivity contribution in [2.45, 2.75) is 51.0 Å². The lowest BCUT2D eigenvalue weighted by atomic mass is 10.2. The van der Waals surface area contributed by atoms with Crippen molar-refractivity contribution in [2.24, 2.45) is 0 Å². The molecule has 11 heavy (non-hydrogen) atoms. The summed E-state index contributed by atoms with van der Waals surface area (Å²) < 4.78 is 0. The van der Waals surface area contributed by atoms with Gasteiger partial charge in [0.2, 0.25) is 0 Å². The number of rotatable bonds is 3. The molecule has 0 bridgehead atoms. The van der Waals surface area contributed by atoms with Crippen molar-refractivity contribution in [3.05, 3.63) is 0 Å². The van der Waals surface area contributed by atoms with Crippen LogP contribution in [0, 0.1) is 0 Å².